The summed E-state index contributed by atoms with van der Waals surface area (Å²) in [6.07, 6.45) is 9.57. The molecule has 0 spiro atoms. The molecule has 0 radical (unpaired) electrons. The zero-order valence-corrected chi connectivity index (χ0v) is 6.36. The molecule has 0 N–H and O–H groups in total. The summed E-state index contributed by atoms with van der Waals surface area (Å²) in [6, 6.07) is 0. The molecule has 8 heavy (non-hydrogen) atoms. The number of hydrogen-bond acceptors (Lipinski definition) is 0. The van der Waals surface area contributed by atoms with E-state index in [-0.39, 0.29) is 37.4 Å². The van der Waals surface area contributed by atoms with E-state index in [2.05, 4.69) is 12.8 Å². The van der Waals surface area contributed by atoms with Crippen LogP contribution in [0.5, 0.6) is 0 Å². The van der Waals surface area contributed by atoms with E-state index in [9.17, 15) is 0 Å². The van der Waals surface area contributed by atoms with Crippen molar-refractivity contribution in [3.63, 3.8) is 0 Å². The Bertz CT molecular complexity index is 60.6. The Morgan fingerprint density at radius 1 is 1.62 bits per heavy atom. The molecule has 0 rings (SSSR count). The Morgan fingerprint density at radius 2 is 2.12 bits per heavy atom. The predicted octanol–water partition coefficient (Wildman–Crippen LogP) is -1.12. The summed E-state index contributed by atoms with van der Waals surface area (Å²) in [7, 11) is 0. The van der Waals surface area contributed by atoms with Crippen molar-refractivity contribution in [3.05, 3.63) is 6.42 Å². The van der Waals surface area contributed by atoms with Crippen molar-refractivity contribution in [3.8, 4) is 5.92 Å². The Labute approximate surface area is 75.9 Å². The van der Waals surface area contributed by atoms with Crippen molar-refractivity contribution in [1.82, 2.24) is 0 Å². The number of hydrogen-bond donors (Lipinski definition) is 0. The van der Waals surface area contributed by atoms with Gasteiger partial charge in [-0.05, 0) is 12.8 Å². The first-order valence-electron chi connectivity index (χ1n) is 2.31. The second-order valence-corrected chi connectivity index (χ2v) is 1.28. The Kier molecular flexibility index (Phi) is 31.0. The Morgan fingerprint density at radius 3 is 2.25 bits per heavy atom. The van der Waals surface area contributed by atoms with Gasteiger partial charge < -0.3 is 13.8 Å². The monoisotopic (exact) mass is 152 g/mol. The maximum Gasteiger partial charge on any atom is 1.00 e. The molecule has 0 aliphatic heterocycles. The van der Waals surface area contributed by atoms with E-state index in [4.69, 9.17) is 6.42 Å². The molecule has 0 aromatic heterocycles. The quantitative estimate of drug-likeness (QED) is 0.204. The minimum absolute atomic E-state index is 0. The zero-order chi connectivity index (χ0) is 4.83. The van der Waals surface area contributed by atoms with E-state index in [1.165, 1.54) is 6.42 Å². The van der Waals surface area contributed by atoms with Crippen molar-refractivity contribution in [2.75, 3.05) is 0 Å². The summed E-state index contributed by atoms with van der Waals surface area (Å²) in [5.41, 5.74) is 0. The fourth-order valence-corrected chi connectivity index (χ4v) is 0.265. The van der Waals surface area contributed by atoms with Crippen LogP contribution < -0.4 is 18.9 Å². The van der Waals surface area contributed by atoms with E-state index < -0.39 is 0 Å². The standard InChI is InChI=1S/C6H9.Cu.Li.H/c1-3-5-6-4-2;;;/h3,5-6H2,1H3;;;/q-1;2*+1;-1. The fraction of sp³-hybridized carbons (Fsp3) is 0.667. The van der Waals surface area contributed by atoms with Gasteiger partial charge in [0.1, 0.15) is 0 Å². The molecule has 0 atom stereocenters. The third-order valence-electron chi connectivity index (χ3n) is 0.655. The summed E-state index contributed by atoms with van der Waals surface area (Å²) in [5.74, 6) is 2.32. The van der Waals surface area contributed by atoms with Gasteiger partial charge in [0.15, 0.2) is 0 Å². The van der Waals surface area contributed by atoms with E-state index in [0.717, 1.165) is 12.8 Å². The molecule has 46 valence electrons. The SMILES string of the molecule is [C-]#CCCCC.[Cu+].[H-].[Li+]. The third-order valence-corrected chi connectivity index (χ3v) is 0.655. The second-order valence-electron chi connectivity index (χ2n) is 1.28. The molecule has 0 heterocycles. The van der Waals surface area contributed by atoms with Crippen LogP contribution in [-0.2, 0) is 17.1 Å². The normalized spacial score (nSPS) is 5.50. The van der Waals surface area contributed by atoms with Crippen LogP contribution in [0.1, 0.15) is 27.6 Å². The van der Waals surface area contributed by atoms with Crippen molar-refractivity contribution in [2.45, 2.75) is 26.2 Å². The molecule has 0 fully saturated rings. The van der Waals surface area contributed by atoms with Gasteiger partial charge in [-0.3, -0.25) is 0 Å². The average molecular weight is 153 g/mol. The van der Waals surface area contributed by atoms with Gasteiger partial charge >= 0.3 is 35.9 Å². The van der Waals surface area contributed by atoms with E-state index >= 15 is 0 Å². The molecular weight excluding hydrogens is 143 g/mol. The van der Waals surface area contributed by atoms with E-state index in [1.54, 1.807) is 0 Å². The molecular formula is C6H10CuLi. The third kappa shape index (κ3) is 15.9. The molecule has 0 aliphatic rings. The summed E-state index contributed by atoms with van der Waals surface area (Å²) in [6.45, 7) is 2.11. The van der Waals surface area contributed by atoms with Crippen LogP contribution in [0.4, 0.5) is 0 Å². The van der Waals surface area contributed by atoms with Crippen LogP contribution >= 0.6 is 0 Å². The number of rotatable bonds is 2. The maximum absolute atomic E-state index is 6.46. The van der Waals surface area contributed by atoms with E-state index in [0.29, 0.717) is 0 Å². The van der Waals surface area contributed by atoms with Gasteiger partial charge in [-0.2, -0.15) is 0 Å². The smallest absolute Gasteiger partial charge is 1.00 e. The van der Waals surface area contributed by atoms with Crippen molar-refractivity contribution in [2.24, 2.45) is 0 Å². The van der Waals surface area contributed by atoms with Gasteiger partial charge in [0.2, 0.25) is 0 Å². The van der Waals surface area contributed by atoms with Crippen LogP contribution in [0.2, 0.25) is 0 Å². The van der Waals surface area contributed by atoms with Gasteiger partial charge in [-0.25, -0.2) is 0 Å². The first kappa shape index (κ1) is 15.9. The summed E-state index contributed by atoms with van der Waals surface area (Å²) >= 11 is 0. The molecule has 0 aromatic carbocycles. The van der Waals surface area contributed by atoms with Crippen molar-refractivity contribution >= 4 is 0 Å². The minimum Gasteiger partial charge on any atom is -1.00 e. The summed E-state index contributed by atoms with van der Waals surface area (Å²) in [5, 5.41) is 0. The number of unbranched alkanes of at least 4 members (excludes halogenated alkanes) is 2. The molecule has 2 heteroatoms. The van der Waals surface area contributed by atoms with Gasteiger partial charge in [0.25, 0.3) is 0 Å². The topological polar surface area (TPSA) is 0 Å². The molecule has 0 aliphatic carbocycles. The minimum atomic E-state index is 0. The molecule has 0 unspecified atom stereocenters. The molecule has 0 bridgehead atoms. The van der Waals surface area contributed by atoms with Crippen LogP contribution in [0.25, 0.3) is 0 Å². The second kappa shape index (κ2) is 15.6. The first-order valence-corrected chi connectivity index (χ1v) is 2.31. The van der Waals surface area contributed by atoms with Gasteiger partial charge in [0, 0.05) is 0 Å². The van der Waals surface area contributed by atoms with Crippen molar-refractivity contribution in [1.29, 1.82) is 0 Å². The molecule has 0 saturated carbocycles. The van der Waals surface area contributed by atoms with Crippen LogP contribution in [0.3, 0.4) is 0 Å². The molecule has 0 amide bonds. The predicted molar refractivity (Wildman–Crippen MR) is 27.8 cm³/mol. The van der Waals surface area contributed by atoms with E-state index in [1.807, 2.05) is 0 Å². The molecule has 0 saturated heterocycles. The Hall–Kier alpha value is 0.677. The summed E-state index contributed by atoms with van der Waals surface area (Å²) < 4.78 is 0. The fourth-order valence-electron chi connectivity index (χ4n) is 0.265. The van der Waals surface area contributed by atoms with Crippen LogP contribution in [0.15, 0.2) is 0 Å². The maximum atomic E-state index is 6.46. The first-order chi connectivity index (χ1) is 2.91. The van der Waals surface area contributed by atoms with Crippen LogP contribution in [-0.4, -0.2) is 0 Å². The molecule has 0 nitrogen and oxygen atoms in total. The van der Waals surface area contributed by atoms with Gasteiger partial charge in [-0.1, -0.05) is 13.3 Å². The zero-order valence-electron chi connectivity index (χ0n) is 6.42. The molecule has 0 aromatic rings. The Balaban J connectivity index is -0.0000000417. The average Bonchev–Trinajstić information content (AvgIpc) is 1.61. The van der Waals surface area contributed by atoms with Crippen LogP contribution in [0, 0.1) is 12.3 Å². The van der Waals surface area contributed by atoms with Gasteiger partial charge in [-0.15, -0.1) is 0 Å². The van der Waals surface area contributed by atoms with Gasteiger partial charge in [0.05, 0.1) is 0 Å². The summed E-state index contributed by atoms with van der Waals surface area (Å²) in [4.78, 5) is 0. The van der Waals surface area contributed by atoms with Crippen molar-refractivity contribution < 1.29 is 37.4 Å². The largest absolute Gasteiger partial charge is 1.00 e.